The van der Waals surface area contributed by atoms with E-state index in [-0.39, 0.29) is 29.8 Å². The number of carboxylic acid groups (broad SMARTS) is 1. The van der Waals surface area contributed by atoms with Crippen molar-refractivity contribution in [2.24, 2.45) is 10.4 Å². The molecule has 3 aliphatic heterocycles. The molecule has 0 amide bonds. The lowest BCUT2D eigenvalue weighted by Gasteiger charge is -2.39. The Morgan fingerprint density at radius 2 is 2.07 bits per heavy atom. The number of esters is 1. The number of hydrogen-bond acceptors (Lipinski definition) is 11. The number of benzene rings is 1. The molecular formula is C28H34ClFN6O5S. The number of halogens is 2. The van der Waals surface area contributed by atoms with Crippen molar-refractivity contribution < 1.29 is 28.9 Å². The van der Waals surface area contributed by atoms with E-state index in [2.05, 4.69) is 15.2 Å². The van der Waals surface area contributed by atoms with Gasteiger partial charge in [-0.2, -0.15) is 0 Å². The van der Waals surface area contributed by atoms with E-state index in [1.165, 1.54) is 23.5 Å². The van der Waals surface area contributed by atoms with E-state index >= 15 is 0 Å². The Bertz CT molecular complexity index is 1400. The van der Waals surface area contributed by atoms with Gasteiger partial charge in [-0.25, -0.2) is 14.2 Å². The number of amidine groups is 1. The Morgan fingerprint density at radius 1 is 1.29 bits per heavy atom. The second-order valence-corrected chi connectivity index (χ2v) is 12.5. The topological polar surface area (TPSA) is 131 Å². The maximum atomic E-state index is 14.6. The molecule has 2 saturated heterocycles. The minimum Gasteiger partial charge on any atom is -0.481 e. The van der Waals surface area contributed by atoms with Crippen molar-refractivity contribution in [3.8, 4) is 0 Å². The van der Waals surface area contributed by atoms with Gasteiger partial charge in [0.05, 0.1) is 22.6 Å². The van der Waals surface area contributed by atoms with Crippen LogP contribution in [-0.4, -0.2) is 106 Å². The van der Waals surface area contributed by atoms with Crippen molar-refractivity contribution in [3.05, 3.63) is 62.5 Å². The van der Waals surface area contributed by atoms with Gasteiger partial charge in [-0.15, -0.1) is 11.3 Å². The van der Waals surface area contributed by atoms with Crippen molar-refractivity contribution in [1.29, 1.82) is 0 Å². The molecule has 226 valence electrons. The van der Waals surface area contributed by atoms with Crippen LogP contribution in [0.4, 0.5) is 4.39 Å². The summed E-state index contributed by atoms with van der Waals surface area (Å²) in [6.07, 6.45) is 0.779. The van der Waals surface area contributed by atoms with Crippen molar-refractivity contribution in [2.45, 2.75) is 39.2 Å². The van der Waals surface area contributed by atoms with Gasteiger partial charge in [0.2, 0.25) is 0 Å². The Morgan fingerprint density at radius 3 is 2.76 bits per heavy atom. The third-order valence-corrected chi connectivity index (χ3v) is 8.95. The van der Waals surface area contributed by atoms with Crippen LogP contribution in [0.25, 0.3) is 0 Å². The smallest absolute Gasteiger partial charge is 0.338 e. The number of thiazole rings is 1. The van der Waals surface area contributed by atoms with E-state index in [1.54, 1.807) is 37.9 Å². The third-order valence-electron chi connectivity index (χ3n) is 7.77. The first-order chi connectivity index (χ1) is 20.0. The lowest BCUT2D eigenvalue weighted by Crippen LogP contribution is -2.54. The minimum absolute atomic E-state index is 0.0471. The first kappa shape index (κ1) is 30.5. The first-order valence-electron chi connectivity index (χ1n) is 13.7. The summed E-state index contributed by atoms with van der Waals surface area (Å²) in [4.78, 5) is 40.2. The zero-order valence-electron chi connectivity index (χ0n) is 23.6. The average Bonchev–Trinajstić information content (AvgIpc) is 3.58. The van der Waals surface area contributed by atoms with Gasteiger partial charge in [0.1, 0.15) is 11.9 Å². The van der Waals surface area contributed by atoms with Crippen LogP contribution in [-0.2, 0) is 14.3 Å². The number of aliphatic carboxylic acids is 1. The number of fused-ring (bicyclic) bond motifs is 1. The molecule has 0 bridgehead atoms. The summed E-state index contributed by atoms with van der Waals surface area (Å²) in [6, 6.07) is 3.46. The van der Waals surface area contributed by atoms with E-state index in [4.69, 9.17) is 21.3 Å². The van der Waals surface area contributed by atoms with Crippen LogP contribution in [0.1, 0.15) is 37.4 Å². The number of aliphatic imine (C=N–C) groups is 1. The Balaban J connectivity index is 1.45. The number of hydrogen-bond donors (Lipinski definition) is 3. The lowest BCUT2D eigenvalue weighted by atomic mass is 9.93. The molecule has 3 aliphatic rings. The second kappa shape index (κ2) is 12.3. The van der Waals surface area contributed by atoms with Crippen molar-refractivity contribution in [2.75, 3.05) is 45.9 Å². The first-order valence-corrected chi connectivity index (χ1v) is 15.0. The van der Waals surface area contributed by atoms with Crippen molar-refractivity contribution in [3.63, 3.8) is 0 Å². The molecule has 3 N–H and O–H groups in total. The van der Waals surface area contributed by atoms with Crippen LogP contribution in [0.3, 0.4) is 0 Å². The molecule has 0 aliphatic carbocycles. The van der Waals surface area contributed by atoms with E-state index in [1.807, 2.05) is 10.3 Å². The SMILES string of the molecule is CCOC(=O)C1=C(CN2CCN3[C@@H](C2)CN(CC(C)(C)C(=O)O)[C@H]3O)NC(c2nccs2)=N[C@H]1c1cccc(F)c1Cl. The molecule has 14 heteroatoms. The number of piperazine rings is 1. The minimum atomic E-state index is -1.01. The summed E-state index contributed by atoms with van der Waals surface area (Å²) in [5, 5.41) is 26.1. The van der Waals surface area contributed by atoms with Gasteiger partial charge in [-0.3, -0.25) is 24.5 Å². The number of ether oxygens (including phenoxy) is 1. The molecule has 3 atom stereocenters. The molecule has 2 aromatic rings. The van der Waals surface area contributed by atoms with Crippen molar-refractivity contribution in [1.82, 2.24) is 25.0 Å². The number of carbonyl (C=O) groups is 2. The number of carbonyl (C=O) groups excluding carboxylic acids is 1. The van der Waals surface area contributed by atoms with Gasteiger partial charge in [0.15, 0.2) is 17.2 Å². The van der Waals surface area contributed by atoms with Gasteiger partial charge < -0.3 is 20.3 Å². The molecule has 1 aromatic heterocycles. The van der Waals surface area contributed by atoms with E-state index in [9.17, 15) is 24.2 Å². The number of rotatable bonds is 9. The summed E-state index contributed by atoms with van der Waals surface area (Å²) >= 11 is 7.78. The Hall–Kier alpha value is -2.94. The summed E-state index contributed by atoms with van der Waals surface area (Å²) in [5.74, 6) is -1.68. The number of nitrogens with one attached hydrogen (secondary N) is 1. The molecule has 0 unspecified atom stereocenters. The number of nitrogens with zero attached hydrogens (tertiary/aromatic N) is 5. The summed E-state index contributed by atoms with van der Waals surface area (Å²) in [6.45, 7) is 7.87. The van der Waals surface area contributed by atoms with Crippen molar-refractivity contribution >= 4 is 40.7 Å². The highest BCUT2D eigenvalue weighted by atomic mass is 35.5. The zero-order chi connectivity index (χ0) is 30.2. The van der Waals surface area contributed by atoms with Crippen LogP contribution in [0, 0.1) is 11.2 Å². The largest absolute Gasteiger partial charge is 0.481 e. The van der Waals surface area contributed by atoms with E-state index in [0.717, 1.165) is 0 Å². The molecule has 2 fully saturated rings. The van der Waals surface area contributed by atoms with Crippen LogP contribution in [0.2, 0.25) is 5.02 Å². The fourth-order valence-corrected chi connectivity index (χ4v) is 6.46. The monoisotopic (exact) mass is 620 g/mol. The highest BCUT2D eigenvalue weighted by molar-refractivity contribution is 7.11. The van der Waals surface area contributed by atoms with Gasteiger partial charge in [0, 0.05) is 68.1 Å². The highest BCUT2D eigenvalue weighted by Crippen LogP contribution is 2.38. The van der Waals surface area contributed by atoms with E-state index < -0.39 is 35.6 Å². The fourth-order valence-electron chi connectivity index (χ4n) is 5.64. The molecule has 0 saturated carbocycles. The maximum absolute atomic E-state index is 14.6. The van der Waals surface area contributed by atoms with Gasteiger partial charge in [-0.1, -0.05) is 23.7 Å². The van der Waals surface area contributed by atoms with Crippen LogP contribution in [0.5, 0.6) is 0 Å². The molecule has 42 heavy (non-hydrogen) atoms. The average molecular weight is 621 g/mol. The summed E-state index contributed by atoms with van der Waals surface area (Å²) in [7, 11) is 0. The quantitative estimate of drug-likeness (QED) is 0.360. The predicted octanol–water partition coefficient (Wildman–Crippen LogP) is 2.53. The van der Waals surface area contributed by atoms with E-state index in [0.29, 0.717) is 54.8 Å². The molecule has 0 spiro atoms. The summed E-state index contributed by atoms with van der Waals surface area (Å²) in [5.41, 5.74) is 0.116. The lowest BCUT2D eigenvalue weighted by molar-refractivity contribution is -0.150. The van der Waals surface area contributed by atoms with Gasteiger partial charge in [-0.05, 0) is 26.8 Å². The normalized spacial score (nSPS) is 23.9. The third kappa shape index (κ3) is 6.08. The van der Waals surface area contributed by atoms with Crippen LogP contribution in [0.15, 0.2) is 46.0 Å². The number of aliphatic hydroxyl groups excluding tert-OH is 1. The second-order valence-electron chi connectivity index (χ2n) is 11.2. The standard InChI is InChI=1S/C28H34ClFN6O5S/c1-4-41-25(37)20-19(14-34-9-10-36-16(12-34)13-35(27(36)40)15-28(2,3)26(38)39)32-23(24-31-8-11-42-24)33-22(20)17-6-5-7-18(30)21(17)29/h5-8,11,16,22,27,40H,4,9-10,12-15H2,1-3H3,(H,32,33)(H,38,39)/t16-,22-,27+/m0/s1. The highest BCUT2D eigenvalue weighted by Gasteiger charge is 2.45. The Kier molecular flexibility index (Phi) is 8.97. The molecule has 5 rings (SSSR count). The van der Waals surface area contributed by atoms with Gasteiger partial charge in [0.25, 0.3) is 0 Å². The summed E-state index contributed by atoms with van der Waals surface area (Å²) < 4.78 is 20.0. The number of aliphatic hydroxyl groups is 1. The Labute approximate surface area is 252 Å². The molecule has 11 nitrogen and oxygen atoms in total. The maximum Gasteiger partial charge on any atom is 0.338 e. The van der Waals surface area contributed by atoms with Crippen LogP contribution < -0.4 is 5.32 Å². The number of carboxylic acids is 1. The molecular weight excluding hydrogens is 587 g/mol. The fraction of sp³-hybridized carbons (Fsp3) is 0.500. The van der Waals surface area contributed by atoms with Crippen LogP contribution >= 0.6 is 22.9 Å². The predicted molar refractivity (Wildman–Crippen MR) is 156 cm³/mol. The molecule has 4 heterocycles. The van der Waals surface area contributed by atoms with Gasteiger partial charge >= 0.3 is 11.9 Å². The zero-order valence-corrected chi connectivity index (χ0v) is 25.2. The molecule has 0 radical (unpaired) electrons. The number of aromatic nitrogens is 1. The molecule has 1 aromatic carbocycles.